The topological polar surface area (TPSA) is 97.1 Å². The third-order valence-corrected chi connectivity index (χ3v) is 5.58. The van der Waals surface area contributed by atoms with Crippen molar-refractivity contribution in [2.75, 3.05) is 5.75 Å². The maximum Gasteiger partial charge on any atom is 0.321 e. The minimum Gasteiger partial charge on any atom is -0.411 e. The number of amides is 3. The molecule has 1 fully saturated rings. The molecule has 3 amide bonds. The van der Waals surface area contributed by atoms with E-state index in [-0.39, 0.29) is 17.0 Å². The van der Waals surface area contributed by atoms with E-state index >= 15 is 0 Å². The normalized spacial score (nSPS) is 19.5. The van der Waals surface area contributed by atoms with Crippen molar-refractivity contribution in [3.8, 4) is 11.5 Å². The van der Waals surface area contributed by atoms with Gasteiger partial charge < -0.3 is 9.73 Å². The average Bonchev–Trinajstić information content (AvgIpc) is 3.11. The monoisotopic (exact) mass is 408 g/mol. The predicted molar refractivity (Wildman–Crippen MR) is 104 cm³/mol. The number of hydrogen-bond donors (Lipinski definition) is 2. The van der Waals surface area contributed by atoms with Crippen molar-refractivity contribution in [3.63, 3.8) is 0 Å². The molecule has 0 aliphatic heterocycles. The van der Waals surface area contributed by atoms with Gasteiger partial charge in [-0.25, -0.2) is 4.79 Å². The van der Waals surface area contributed by atoms with E-state index in [0.717, 1.165) is 36.6 Å². The minimum absolute atomic E-state index is 0.00981. The highest BCUT2D eigenvalue weighted by Gasteiger charge is 2.23. The van der Waals surface area contributed by atoms with Gasteiger partial charge in [0.25, 0.3) is 5.22 Å². The Morgan fingerprint density at radius 3 is 2.70 bits per heavy atom. The van der Waals surface area contributed by atoms with Crippen molar-refractivity contribution in [3.05, 3.63) is 29.3 Å². The molecule has 1 aromatic heterocycles. The number of imide groups is 1. The van der Waals surface area contributed by atoms with Crippen LogP contribution >= 0.6 is 23.4 Å². The fraction of sp³-hybridized carbons (Fsp3) is 0.444. The summed E-state index contributed by atoms with van der Waals surface area (Å²) in [7, 11) is 0. The highest BCUT2D eigenvalue weighted by Crippen LogP contribution is 2.25. The highest BCUT2D eigenvalue weighted by molar-refractivity contribution is 7.99. The zero-order chi connectivity index (χ0) is 19.2. The summed E-state index contributed by atoms with van der Waals surface area (Å²) in [6.45, 7) is 2.12. The lowest BCUT2D eigenvalue weighted by atomic mass is 9.86. The van der Waals surface area contributed by atoms with Crippen LogP contribution in [0.4, 0.5) is 4.79 Å². The molecule has 0 spiro atoms. The second kappa shape index (κ2) is 9.23. The molecule has 0 radical (unpaired) electrons. The maximum atomic E-state index is 12.0. The largest absolute Gasteiger partial charge is 0.411 e. The molecule has 2 aromatic rings. The van der Waals surface area contributed by atoms with E-state index < -0.39 is 11.9 Å². The van der Waals surface area contributed by atoms with Gasteiger partial charge in [0.05, 0.1) is 5.75 Å². The summed E-state index contributed by atoms with van der Waals surface area (Å²) in [6.07, 6.45) is 4.35. The number of carbonyl (C=O) groups excluding carboxylic acids is 2. The Labute approximate surface area is 166 Å². The van der Waals surface area contributed by atoms with Crippen LogP contribution in [-0.4, -0.2) is 33.9 Å². The molecule has 9 heteroatoms. The first-order chi connectivity index (χ1) is 13.0. The second-order valence-electron chi connectivity index (χ2n) is 6.56. The number of urea groups is 1. The van der Waals surface area contributed by atoms with E-state index in [1.165, 1.54) is 6.42 Å². The molecular weight excluding hydrogens is 388 g/mol. The lowest BCUT2D eigenvalue weighted by Crippen LogP contribution is -2.48. The molecule has 0 bridgehead atoms. The van der Waals surface area contributed by atoms with E-state index in [0.29, 0.717) is 16.8 Å². The number of nitrogens with zero attached hydrogens (tertiary/aromatic N) is 2. The molecule has 1 aliphatic carbocycles. The molecule has 0 unspecified atom stereocenters. The first-order valence-corrected chi connectivity index (χ1v) is 10.2. The number of hydrogen-bond acceptors (Lipinski definition) is 6. The molecule has 3 rings (SSSR count). The van der Waals surface area contributed by atoms with Crippen LogP contribution < -0.4 is 10.6 Å². The smallest absolute Gasteiger partial charge is 0.321 e. The number of benzene rings is 1. The van der Waals surface area contributed by atoms with Gasteiger partial charge in [-0.1, -0.05) is 43.1 Å². The Morgan fingerprint density at radius 1 is 1.22 bits per heavy atom. The molecule has 1 heterocycles. The first-order valence-electron chi connectivity index (χ1n) is 8.84. The van der Waals surface area contributed by atoms with Gasteiger partial charge in [0, 0.05) is 16.6 Å². The second-order valence-corrected chi connectivity index (χ2v) is 7.92. The van der Waals surface area contributed by atoms with E-state index in [9.17, 15) is 9.59 Å². The van der Waals surface area contributed by atoms with Crippen molar-refractivity contribution >= 4 is 35.3 Å². The number of carbonyl (C=O) groups is 2. The van der Waals surface area contributed by atoms with Crippen molar-refractivity contribution in [1.82, 2.24) is 20.8 Å². The Hall–Kier alpha value is -2.06. The Morgan fingerprint density at radius 2 is 1.96 bits per heavy atom. The number of nitrogens with one attached hydrogen (secondary N) is 2. The van der Waals surface area contributed by atoms with Crippen LogP contribution in [0, 0.1) is 5.92 Å². The summed E-state index contributed by atoms with van der Waals surface area (Å²) in [6, 6.07) is 6.67. The third kappa shape index (κ3) is 5.71. The Kier molecular flexibility index (Phi) is 6.73. The Balaban J connectivity index is 1.45. The summed E-state index contributed by atoms with van der Waals surface area (Å²) >= 11 is 6.93. The summed E-state index contributed by atoms with van der Waals surface area (Å²) in [5.74, 6) is 0.375. The summed E-state index contributed by atoms with van der Waals surface area (Å²) < 4.78 is 5.52. The van der Waals surface area contributed by atoms with E-state index in [4.69, 9.17) is 16.0 Å². The quantitative estimate of drug-likeness (QED) is 0.728. The van der Waals surface area contributed by atoms with Gasteiger partial charge >= 0.3 is 6.03 Å². The summed E-state index contributed by atoms with van der Waals surface area (Å²) in [5.41, 5.74) is 0.740. The summed E-state index contributed by atoms with van der Waals surface area (Å²) in [5, 5.41) is 14.0. The van der Waals surface area contributed by atoms with Crippen molar-refractivity contribution in [1.29, 1.82) is 0 Å². The molecule has 7 nitrogen and oxygen atoms in total. The molecule has 2 N–H and O–H groups in total. The van der Waals surface area contributed by atoms with Gasteiger partial charge in [-0.05, 0) is 43.0 Å². The van der Waals surface area contributed by atoms with Crippen LogP contribution in [-0.2, 0) is 4.79 Å². The average molecular weight is 409 g/mol. The number of halogens is 1. The van der Waals surface area contributed by atoms with Crippen LogP contribution in [0.2, 0.25) is 5.02 Å². The lowest BCUT2D eigenvalue weighted by molar-refractivity contribution is -0.117. The molecule has 1 aliphatic rings. The zero-order valence-corrected chi connectivity index (χ0v) is 16.5. The molecule has 2 atom stereocenters. The molecule has 1 saturated carbocycles. The van der Waals surface area contributed by atoms with Crippen LogP contribution in [0.5, 0.6) is 0 Å². The van der Waals surface area contributed by atoms with Crippen molar-refractivity contribution in [2.45, 2.75) is 43.9 Å². The van der Waals surface area contributed by atoms with Gasteiger partial charge in [-0.2, -0.15) is 0 Å². The standard InChI is InChI=1S/C18H21ClN4O3S/c1-11-4-2-3-5-14(11)20-17(25)21-15(24)10-27-18-23-22-16(26-18)12-6-8-13(19)9-7-12/h6-9,11,14H,2-5,10H2,1H3,(H2,20,21,24,25)/t11-,14+/m0/s1. The molecule has 144 valence electrons. The van der Waals surface area contributed by atoms with Crippen LogP contribution in [0.1, 0.15) is 32.6 Å². The third-order valence-electron chi connectivity index (χ3n) is 4.51. The maximum absolute atomic E-state index is 12.0. The fourth-order valence-corrected chi connectivity index (χ4v) is 3.69. The number of rotatable bonds is 5. The van der Waals surface area contributed by atoms with Gasteiger partial charge in [0.1, 0.15) is 0 Å². The van der Waals surface area contributed by atoms with Crippen molar-refractivity contribution in [2.24, 2.45) is 5.92 Å². The Bertz CT molecular complexity index is 796. The molecule has 1 aromatic carbocycles. The predicted octanol–water partition coefficient (Wildman–Crippen LogP) is 3.89. The SMILES string of the molecule is C[C@H]1CCCC[C@H]1NC(=O)NC(=O)CSc1nnc(-c2ccc(Cl)cc2)o1. The van der Waals surface area contributed by atoms with Crippen LogP contribution in [0.15, 0.2) is 33.9 Å². The van der Waals surface area contributed by atoms with Gasteiger partial charge in [-0.3, -0.25) is 10.1 Å². The van der Waals surface area contributed by atoms with Gasteiger partial charge in [0.2, 0.25) is 11.8 Å². The number of aromatic nitrogens is 2. The highest BCUT2D eigenvalue weighted by atomic mass is 35.5. The lowest BCUT2D eigenvalue weighted by Gasteiger charge is -2.29. The van der Waals surface area contributed by atoms with E-state index in [1.54, 1.807) is 24.3 Å². The van der Waals surface area contributed by atoms with E-state index in [2.05, 4.69) is 27.8 Å². The van der Waals surface area contributed by atoms with Crippen LogP contribution in [0.25, 0.3) is 11.5 Å². The summed E-state index contributed by atoms with van der Waals surface area (Å²) in [4.78, 5) is 23.9. The first kappa shape index (κ1) is 19.7. The van der Waals surface area contributed by atoms with Gasteiger partial charge in [0.15, 0.2) is 0 Å². The number of thioether (sulfide) groups is 1. The zero-order valence-electron chi connectivity index (χ0n) is 14.9. The molecule has 0 saturated heterocycles. The van der Waals surface area contributed by atoms with E-state index in [1.807, 2.05) is 0 Å². The molecule has 27 heavy (non-hydrogen) atoms. The van der Waals surface area contributed by atoms with Crippen molar-refractivity contribution < 1.29 is 14.0 Å². The van der Waals surface area contributed by atoms with Gasteiger partial charge in [-0.15, -0.1) is 10.2 Å². The minimum atomic E-state index is -0.452. The molecular formula is C18H21ClN4O3S. The van der Waals surface area contributed by atoms with Crippen LogP contribution in [0.3, 0.4) is 0 Å². The fourth-order valence-electron chi connectivity index (χ4n) is 3.00.